The van der Waals surface area contributed by atoms with Crippen LogP contribution < -0.4 is 10.6 Å². The van der Waals surface area contributed by atoms with Crippen molar-refractivity contribution < 1.29 is 19.1 Å². The minimum Gasteiger partial charge on any atom is -0.450 e. The van der Waals surface area contributed by atoms with Gasteiger partial charge in [0, 0.05) is 17.9 Å². The quantitative estimate of drug-likeness (QED) is 0.660. The predicted molar refractivity (Wildman–Crippen MR) is 91.4 cm³/mol. The van der Waals surface area contributed by atoms with Gasteiger partial charge in [-0.15, -0.1) is 5.10 Å². The molecular weight excluding hydrogens is 340 g/mol. The molecule has 0 saturated carbocycles. The van der Waals surface area contributed by atoms with Crippen LogP contribution in [0.1, 0.15) is 42.3 Å². The maximum Gasteiger partial charge on any atom is 0.378 e. The minimum atomic E-state index is -0.842. The van der Waals surface area contributed by atoms with Gasteiger partial charge in [0.05, 0.1) is 0 Å². The molecule has 2 N–H and O–H groups in total. The van der Waals surface area contributed by atoms with Crippen LogP contribution in [0.15, 0.2) is 6.07 Å². The third kappa shape index (κ3) is 4.74. The van der Waals surface area contributed by atoms with Gasteiger partial charge < -0.3 is 15.4 Å². The molecule has 0 unspecified atom stereocenters. The van der Waals surface area contributed by atoms with Crippen molar-refractivity contribution in [2.24, 2.45) is 0 Å². The van der Waals surface area contributed by atoms with E-state index in [9.17, 15) is 14.4 Å². The number of hydrogen-bond acceptors (Lipinski definition) is 7. The molecule has 0 aliphatic heterocycles. The van der Waals surface area contributed by atoms with Crippen LogP contribution in [0.5, 0.6) is 0 Å². The van der Waals surface area contributed by atoms with E-state index in [0.29, 0.717) is 6.54 Å². The molecule has 2 rings (SSSR count). The molecule has 2 amide bonds. The molecular formula is C16H22N6O4. The van der Waals surface area contributed by atoms with Gasteiger partial charge in [-0.3, -0.25) is 9.59 Å². The molecule has 10 heteroatoms. The lowest BCUT2D eigenvalue weighted by atomic mass is 10.3. The van der Waals surface area contributed by atoms with Crippen molar-refractivity contribution >= 4 is 23.6 Å². The van der Waals surface area contributed by atoms with E-state index in [-0.39, 0.29) is 17.5 Å². The van der Waals surface area contributed by atoms with Gasteiger partial charge in [0.15, 0.2) is 6.61 Å². The summed E-state index contributed by atoms with van der Waals surface area (Å²) in [4.78, 5) is 43.7. The first-order chi connectivity index (χ1) is 12.3. The number of amides is 2. The normalized spacial score (nSPS) is 11.8. The smallest absolute Gasteiger partial charge is 0.378 e. The zero-order chi connectivity index (χ0) is 19.3. The fourth-order valence-electron chi connectivity index (χ4n) is 2.20. The van der Waals surface area contributed by atoms with Gasteiger partial charge in [0.1, 0.15) is 6.04 Å². The maximum atomic E-state index is 12.0. The van der Waals surface area contributed by atoms with Gasteiger partial charge in [-0.1, -0.05) is 6.92 Å². The third-order valence-electron chi connectivity index (χ3n) is 3.46. The fraction of sp³-hybridized carbons (Fsp3) is 0.500. The molecule has 2 aromatic rings. The Kier molecular flexibility index (Phi) is 6.21. The lowest BCUT2D eigenvalue weighted by Gasteiger charge is -2.13. The number of carbonyl (C=O) groups is 3. The van der Waals surface area contributed by atoms with E-state index >= 15 is 0 Å². The number of hydrogen-bond donors (Lipinski definition) is 2. The minimum absolute atomic E-state index is 0.187. The lowest BCUT2D eigenvalue weighted by molar-refractivity contribution is -0.130. The number of nitrogens with zero attached hydrogens (tertiary/aromatic N) is 4. The number of aryl methyl sites for hydroxylation is 2. The van der Waals surface area contributed by atoms with Crippen LogP contribution in [0.4, 0.5) is 0 Å². The second-order valence-electron chi connectivity index (χ2n) is 5.84. The summed E-state index contributed by atoms with van der Waals surface area (Å²) in [7, 11) is 0. The summed E-state index contributed by atoms with van der Waals surface area (Å²) in [5, 5.41) is 9.14. The summed E-state index contributed by atoms with van der Waals surface area (Å²) >= 11 is 0. The lowest BCUT2D eigenvalue weighted by Crippen LogP contribution is -2.46. The predicted octanol–water partition coefficient (Wildman–Crippen LogP) is -0.0712. The van der Waals surface area contributed by atoms with Crippen LogP contribution in [0, 0.1) is 13.8 Å². The summed E-state index contributed by atoms with van der Waals surface area (Å²) in [6.07, 6.45) is 0.796. The van der Waals surface area contributed by atoms with E-state index in [1.54, 1.807) is 13.0 Å². The second kappa shape index (κ2) is 8.37. The number of carbonyl (C=O) groups excluding carboxylic acids is 3. The van der Waals surface area contributed by atoms with Gasteiger partial charge in [-0.25, -0.2) is 14.3 Å². The van der Waals surface area contributed by atoms with Crippen molar-refractivity contribution in [2.75, 3.05) is 13.2 Å². The fourth-order valence-corrected chi connectivity index (χ4v) is 2.20. The molecule has 0 saturated heterocycles. The number of fused-ring (bicyclic) bond motifs is 1. The van der Waals surface area contributed by atoms with Crippen LogP contribution in [-0.2, 0) is 14.3 Å². The number of aromatic nitrogens is 4. The van der Waals surface area contributed by atoms with Crippen molar-refractivity contribution in [1.82, 2.24) is 30.2 Å². The van der Waals surface area contributed by atoms with E-state index < -0.39 is 24.5 Å². The highest BCUT2D eigenvalue weighted by atomic mass is 16.5. The first kappa shape index (κ1) is 19.3. The second-order valence-corrected chi connectivity index (χ2v) is 5.84. The maximum absolute atomic E-state index is 12.0. The van der Waals surface area contributed by atoms with Crippen LogP contribution in [0.25, 0.3) is 5.78 Å². The van der Waals surface area contributed by atoms with Gasteiger partial charge in [0.25, 0.3) is 17.5 Å². The van der Waals surface area contributed by atoms with Crippen LogP contribution in [0.3, 0.4) is 0 Å². The van der Waals surface area contributed by atoms with Gasteiger partial charge in [0.2, 0.25) is 5.91 Å². The zero-order valence-corrected chi connectivity index (χ0v) is 15.2. The Morgan fingerprint density at radius 3 is 2.69 bits per heavy atom. The largest absolute Gasteiger partial charge is 0.450 e. The molecule has 1 atom stereocenters. The monoisotopic (exact) mass is 362 g/mol. The first-order valence-electron chi connectivity index (χ1n) is 8.27. The number of nitrogens with one attached hydrogen (secondary N) is 2. The Hall–Kier alpha value is -3.04. The molecule has 0 spiro atoms. The Labute approximate surface area is 150 Å². The van der Waals surface area contributed by atoms with Crippen LogP contribution in [-0.4, -0.2) is 56.6 Å². The van der Waals surface area contributed by atoms with E-state index in [1.165, 1.54) is 4.52 Å². The molecule has 0 aliphatic carbocycles. The van der Waals surface area contributed by atoms with E-state index in [4.69, 9.17) is 4.74 Å². The standard InChI is InChI=1S/C16H22N6O4/c1-5-6-17-14(24)11(4)19-12(23)8-26-15(25)13-20-16-18-9(2)7-10(3)22(16)21-13/h7,11H,5-6,8H2,1-4H3,(H,17,24)(H,19,23)/t11-/m1/s1. The van der Waals surface area contributed by atoms with E-state index in [0.717, 1.165) is 17.8 Å². The molecule has 0 aliphatic rings. The van der Waals surface area contributed by atoms with Gasteiger partial charge >= 0.3 is 5.97 Å². The van der Waals surface area contributed by atoms with E-state index in [1.807, 2.05) is 20.8 Å². The zero-order valence-electron chi connectivity index (χ0n) is 15.2. The Morgan fingerprint density at radius 1 is 1.27 bits per heavy atom. The van der Waals surface area contributed by atoms with E-state index in [2.05, 4.69) is 25.7 Å². The third-order valence-corrected chi connectivity index (χ3v) is 3.46. The number of esters is 1. The van der Waals surface area contributed by atoms with Crippen molar-refractivity contribution in [3.05, 3.63) is 23.3 Å². The molecule has 0 radical (unpaired) electrons. The number of ether oxygens (including phenoxy) is 1. The summed E-state index contributed by atoms with van der Waals surface area (Å²) in [5.74, 6) is -1.64. The summed E-state index contributed by atoms with van der Waals surface area (Å²) in [6.45, 7) is 7.08. The Bertz CT molecular complexity index is 831. The Balaban J connectivity index is 1.91. The molecule has 0 fully saturated rings. The molecule has 0 aromatic carbocycles. The van der Waals surface area contributed by atoms with Crippen LogP contribution in [0.2, 0.25) is 0 Å². The highest BCUT2D eigenvalue weighted by Crippen LogP contribution is 2.06. The first-order valence-corrected chi connectivity index (χ1v) is 8.27. The highest BCUT2D eigenvalue weighted by molar-refractivity contribution is 5.90. The van der Waals surface area contributed by atoms with Gasteiger partial charge in [-0.2, -0.15) is 4.98 Å². The molecule has 2 aromatic heterocycles. The highest BCUT2D eigenvalue weighted by Gasteiger charge is 2.19. The van der Waals surface area contributed by atoms with Crippen molar-refractivity contribution in [3.63, 3.8) is 0 Å². The summed E-state index contributed by atoms with van der Waals surface area (Å²) in [5.41, 5.74) is 1.51. The van der Waals surface area contributed by atoms with Crippen molar-refractivity contribution in [2.45, 2.75) is 40.2 Å². The number of rotatable bonds is 7. The average Bonchev–Trinajstić information content (AvgIpc) is 3.01. The molecule has 140 valence electrons. The molecule has 2 heterocycles. The van der Waals surface area contributed by atoms with Crippen molar-refractivity contribution in [3.8, 4) is 0 Å². The SMILES string of the molecule is CCCNC(=O)[C@@H](C)NC(=O)COC(=O)c1nc2nc(C)cc(C)n2n1. The van der Waals surface area contributed by atoms with Crippen molar-refractivity contribution in [1.29, 1.82) is 0 Å². The molecule has 10 nitrogen and oxygen atoms in total. The summed E-state index contributed by atoms with van der Waals surface area (Å²) in [6, 6.07) is 1.07. The average molecular weight is 362 g/mol. The topological polar surface area (TPSA) is 128 Å². The van der Waals surface area contributed by atoms with Crippen LogP contribution >= 0.6 is 0 Å². The summed E-state index contributed by atoms with van der Waals surface area (Å²) < 4.78 is 6.32. The molecule has 26 heavy (non-hydrogen) atoms. The Morgan fingerprint density at radius 2 is 2.00 bits per heavy atom. The van der Waals surface area contributed by atoms with Gasteiger partial charge in [-0.05, 0) is 33.3 Å². The molecule has 0 bridgehead atoms.